The van der Waals surface area contributed by atoms with Gasteiger partial charge in [-0.05, 0) is 36.8 Å². The molecular formula is C22H20N4O5S. The van der Waals surface area contributed by atoms with Gasteiger partial charge in [0.1, 0.15) is 10.8 Å². The largest absolute Gasteiger partial charge is 0.484 e. The van der Waals surface area contributed by atoms with Gasteiger partial charge in [-0.1, -0.05) is 23.5 Å². The lowest BCUT2D eigenvalue weighted by Crippen LogP contribution is -2.24. The van der Waals surface area contributed by atoms with Crippen molar-refractivity contribution in [1.82, 2.24) is 10.2 Å². The van der Waals surface area contributed by atoms with Crippen LogP contribution in [0.5, 0.6) is 17.2 Å². The van der Waals surface area contributed by atoms with E-state index in [0.29, 0.717) is 35.3 Å². The SMILES string of the molecule is Cc1cccc(N2CC(c3nnc(NC(=O)COc4ccc5c(c4)OCO5)s3)CC2=O)c1. The number of anilines is 2. The molecule has 0 radical (unpaired) electrons. The number of nitrogens with zero attached hydrogens (tertiary/aromatic N) is 3. The molecule has 0 aliphatic carbocycles. The fourth-order valence-corrected chi connectivity index (χ4v) is 4.49. The smallest absolute Gasteiger partial charge is 0.264 e. The van der Waals surface area contributed by atoms with Gasteiger partial charge in [0, 0.05) is 30.6 Å². The Bertz CT molecular complexity index is 1180. The average molecular weight is 452 g/mol. The van der Waals surface area contributed by atoms with Gasteiger partial charge in [0.05, 0.1) is 0 Å². The molecule has 1 fully saturated rings. The van der Waals surface area contributed by atoms with E-state index < -0.39 is 0 Å². The molecule has 0 spiro atoms. The van der Waals surface area contributed by atoms with E-state index in [0.717, 1.165) is 16.3 Å². The molecule has 9 nitrogen and oxygen atoms in total. The lowest BCUT2D eigenvalue weighted by atomic mass is 10.1. The minimum absolute atomic E-state index is 0.0542. The highest BCUT2D eigenvalue weighted by molar-refractivity contribution is 7.15. The number of carbonyl (C=O) groups is 2. The van der Waals surface area contributed by atoms with Gasteiger partial charge in [-0.15, -0.1) is 10.2 Å². The Balaban J connectivity index is 1.17. The van der Waals surface area contributed by atoms with E-state index in [4.69, 9.17) is 14.2 Å². The van der Waals surface area contributed by atoms with Crippen molar-refractivity contribution in [2.45, 2.75) is 19.3 Å². The van der Waals surface area contributed by atoms with Crippen LogP contribution in [-0.4, -0.2) is 42.0 Å². The van der Waals surface area contributed by atoms with Crippen LogP contribution in [0, 0.1) is 6.92 Å². The van der Waals surface area contributed by atoms with E-state index in [2.05, 4.69) is 15.5 Å². The summed E-state index contributed by atoms with van der Waals surface area (Å²) in [5.74, 6) is 1.38. The van der Waals surface area contributed by atoms with Gasteiger partial charge in [0.15, 0.2) is 18.1 Å². The standard InChI is InChI=1S/C22H20N4O5S/c1-13-3-2-4-15(7-13)26-10-14(8-20(26)28)21-24-25-22(32-21)23-19(27)11-29-16-5-6-17-18(9-16)31-12-30-17/h2-7,9,14H,8,10-12H2,1H3,(H,23,25,27). The van der Waals surface area contributed by atoms with Crippen LogP contribution in [0.1, 0.15) is 22.9 Å². The third-order valence-electron chi connectivity index (χ3n) is 5.19. The molecule has 10 heteroatoms. The second-order valence-corrected chi connectivity index (χ2v) is 8.55. The molecule has 3 heterocycles. The zero-order chi connectivity index (χ0) is 22.1. The Kier molecular flexibility index (Phi) is 5.36. The highest BCUT2D eigenvalue weighted by Crippen LogP contribution is 2.36. The molecule has 2 aliphatic rings. The van der Waals surface area contributed by atoms with Crippen LogP contribution in [0.3, 0.4) is 0 Å². The highest BCUT2D eigenvalue weighted by atomic mass is 32.1. The maximum absolute atomic E-state index is 12.5. The first-order valence-corrected chi connectivity index (χ1v) is 10.9. The van der Waals surface area contributed by atoms with Crippen LogP contribution in [0.4, 0.5) is 10.8 Å². The van der Waals surface area contributed by atoms with Gasteiger partial charge >= 0.3 is 0 Å². The minimum atomic E-state index is -0.353. The molecule has 1 N–H and O–H groups in total. The summed E-state index contributed by atoms with van der Waals surface area (Å²) in [6.07, 6.45) is 0.365. The number of ether oxygens (including phenoxy) is 3. The van der Waals surface area contributed by atoms with Crippen molar-refractivity contribution < 1.29 is 23.8 Å². The molecule has 5 rings (SSSR count). The number of fused-ring (bicyclic) bond motifs is 1. The summed E-state index contributed by atoms with van der Waals surface area (Å²) in [5.41, 5.74) is 1.99. The highest BCUT2D eigenvalue weighted by Gasteiger charge is 2.34. The lowest BCUT2D eigenvalue weighted by Gasteiger charge is -2.16. The molecular weight excluding hydrogens is 432 g/mol. The zero-order valence-electron chi connectivity index (χ0n) is 17.2. The summed E-state index contributed by atoms with van der Waals surface area (Å²) >= 11 is 1.27. The predicted molar refractivity (Wildman–Crippen MR) is 117 cm³/mol. The van der Waals surface area contributed by atoms with Gasteiger partial charge in [0.25, 0.3) is 5.91 Å². The minimum Gasteiger partial charge on any atom is -0.484 e. The summed E-state index contributed by atoms with van der Waals surface area (Å²) in [7, 11) is 0. The Morgan fingerprint density at radius 2 is 2.09 bits per heavy atom. The molecule has 2 aromatic carbocycles. The molecule has 32 heavy (non-hydrogen) atoms. The van der Waals surface area contributed by atoms with Crippen molar-refractivity contribution in [1.29, 1.82) is 0 Å². The van der Waals surface area contributed by atoms with Crippen molar-refractivity contribution in [3.63, 3.8) is 0 Å². The van der Waals surface area contributed by atoms with Gasteiger partial charge < -0.3 is 19.1 Å². The van der Waals surface area contributed by atoms with Gasteiger partial charge in [0.2, 0.25) is 17.8 Å². The van der Waals surface area contributed by atoms with E-state index in [9.17, 15) is 9.59 Å². The number of benzene rings is 2. The second-order valence-electron chi connectivity index (χ2n) is 7.54. The van der Waals surface area contributed by atoms with E-state index in [1.807, 2.05) is 31.2 Å². The van der Waals surface area contributed by atoms with Crippen LogP contribution in [0.15, 0.2) is 42.5 Å². The number of nitrogens with one attached hydrogen (secondary N) is 1. The third-order valence-corrected chi connectivity index (χ3v) is 6.19. The van der Waals surface area contributed by atoms with Crippen molar-refractivity contribution in [2.75, 3.05) is 30.2 Å². The molecule has 3 aromatic rings. The third kappa shape index (κ3) is 4.22. The fourth-order valence-electron chi connectivity index (χ4n) is 3.64. The molecule has 0 bridgehead atoms. The van der Waals surface area contributed by atoms with Gasteiger partial charge in [-0.3, -0.25) is 14.9 Å². The normalized spacial score (nSPS) is 17.0. The average Bonchev–Trinajstić information content (AvgIpc) is 3.51. The van der Waals surface area contributed by atoms with E-state index in [1.165, 1.54) is 11.3 Å². The maximum atomic E-state index is 12.5. The summed E-state index contributed by atoms with van der Waals surface area (Å²) in [5, 5.41) is 12.0. The lowest BCUT2D eigenvalue weighted by molar-refractivity contribution is -0.118. The number of aryl methyl sites for hydroxylation is 1. The fraction of sp³-hybridized carbons (Fsp3) is 0.273. The molecule has 164 valence electrons. The first-order valence-electron chi connectivity index (χ1n) is 10.1. The topological polar surface area (TPSA) is 103 Å². The Morgan fingerprint density at radius 3 is 2.97 bits per heavy atom. The molecule has 2 aliphatic heterocycles. The number of hydrogen-bond acceptors (Lipinski definition) is 8. The first-order chi connectivity index (χ1) is 15.5. The van der Waals surface area contributed by atoms with E-state index >= 15 is 0 Å². The van der Waals surface area contributed by atoms with Gasteiger partial charge in [-0.25, -0.2) is 0 Å². The van der Waals surface area contributed by atoms with E-state index in [-0.39, 0.29) is 31.1 Å². The van der Waals surface area contributed by atoms with Crippen LogP contribution in [-0.2, 0) is 9.59 Å². The summed E-state index contributed by atoms with van der Waals surface area (Å²) in [6, 6.07) is 13.0. The van der Waals surface area contributed by atoms with Crippen LogP contribution < -0.4 is 24.4 Å². The molecule has 1 atom stereocenters. The van der Waals surface area contributed by atoms with Crippen molar-refractivity contribution in [3.8, 4) is 17.2 Å². The Labute approximate surface area is 187 Å². The van der Waals surface area contributed by atoms with Crippen molar-refractivity contribution in [3.05, 3.63) is 53.0 Å². The summed E-state index contributed by atoms with van der Waals surface area (Å²) in [4.78, 5) is 26.6. The van der Waals surface area contributed by atoms with E-state index in [1.54, 1.807) is 23.1 Å². The number of carbonyl (C=O) groups excluding carboxylic acids is 2. The summed E-state index contributed by atoms with van der Waals surface area (Å²) < 4.78 is 16.1. The molecule has 1 unspecified atom stereocenters. The van der Waals surface area contributed by atoms with Crippen LogP contribution in [0.25, 0.3) is 0 Å². The molecule has 2 amide bonds. The number of hydrogen-bond donors (Lipinski definition) is 1. The van der Waals surface area contributed by atoms with Crippen molar-refractivity contribution >= 4 is 34.0 Å². The number of aromatic nitrogens is 2. The van der Waals surface area contributed by atoms with Crippen LogP contribution >= 0.6 is 11.3 Å². The zero-order valence-corrected chi connectivity index (χ0v) is 18.1. The quantitative estimate of drug-likeness (QED) is 0.613. The molecule has 1 aromatic heterocycles. The number of amides is 2. The van der Waals surface area contributed by atoms with Gasteiger partial charge in [-0.2, -0.15) is 0 Å². The van der Waals surface area contributed by atoms with Crippen molar-refractivity contribution in [2.24, 2.45) is 0 Å². The summed E-state index contributed by atoms with van der Waals surface area (Å²) in [6.45, 7) is 2.53. The predicted octanol–water partition coefficient (Wildman–Crippen LogP) is 3.11. The number of rotatable bonds is 6. The molecule has 0 saturated carbocycles. The monoisotopic (exact) mass is 452 g/mol. The van der Waals surface area contributed by atoms with Crippen LogP contribution in [0.2, 0.25) is 0 Å². The Hall–Kier alpha value is -3.66. The second kappa shape index (κ2) is 8.46. The Morgan fingerprint density at radius 1 is 1.22 bits per heavy atom. The maximum Gasteiger partial charge on any atom is 0.264 e. The first kappa shape index (κ1) is 20.3. The molecule has 1 saturated heterocycles.